The topological polar surface area (TPSA) is 9.23 Å². The Morgan fingerprint density at radius 2 is 1.71 bits per heavy atom. The number of rotatable bonds is 1. The Hall–Kier alpha value is 0.0500. The van der Waals surface area contributed by atoms with E-state index in [1.807, 2.05) is 30.3 Å². The lowest BCUT2D eigenvalue weighted by molar-refractivity contribution is 0.0698. The molecule has 0 N–H and O–H groups in total. The predicted octanol–water partition coefficient (Wildman–Crippen LogP) is 3.67. The zero-order valence-electron chi connectivity index (χ0n) is 7.34. The summed E-state index contributed by atoms with van der Waals surface area (Å²) in [5.41, 5.74) is 0.796. The fourth-order valence-corrected chi connectivity index (χ4v) is 2.31. The van der Waals surface area contributed by atoms with Crippen molar-refractivity contribution in [1.82, 2.24) is 0 Å². The van der Waals surface area contributed by atoms with E-state index in [1.54, 1.807) is 0 Å². The van der Waals surface area contributed by atoms with Gasteiger partial charge >= 0.3 is 0 Å². The van der Waals surface area contributed by atoms with E-state index >= 15 is 0 Å². The molecule has 0 bridgehead atoms. The lowest BCUT2D eigenvalue weighted by atomic mass is 10.1. The Morgan fingerprint density at radius 3 is 2.21 bits per heavy atom. The first-order chi connectivity index (χ1) is 6.56. The minimum Gasteiger partial charge on any atom is -0.352 e. The molecule has 1 aromatic rings. The summed E-state index contributed by atoms with van der Waals surface area (Å²) in [7, 11) is 0. The summed E-state index contributed by atoms with van der Waals surface area (Å²) < 4.78 is 4.38. The summed E-state index contributed by atoms with van der Waals surface area (Å²) in [6.07, 6.45) is 0.536. The van der Waals surface area contributed by atoms with Crippen molar-refractivity contribution in [2.75, 3.05) is 6.61 Å². The molecule has 0 aliphatic carbocycles. The molecule has 76 valence electrons. The maximum atomic E-state index is 6.30. The minimum absolute atomic E-state index is 0.478. The summed E-state index contributed by atoms with van der Waals surface area (Å²) in [5.74, 6) is 0. The first-order valence-electron chi connectivity index (χ1n) is 4.32. The SMILES string of the molecule is ClC1(Cl)CCOC1(Cl)c1ccccc1. The third kappa shape index (κ3) is 1.53. The van der Waals surface area contributed by atoms with E-state index in [-0.39, 0.29) is 0 Å². The molecule has 14 heavy (non-hydrogen) atoms. The van der Waals surface area contributed by atoms with Crippen LogP contribution in [-0.2, 0) is 9.80 Å². The summed E-state index contributed by atoms with van der Waals surface area (Å²) in [6.45, 7) is 0.478. The van der Waals surface area contributed by atoms with Crippen LogP contribution in [0, 0.1) is 0 Å². The highest BCUT2D eigenvalue weighted by Crippen LogP contribution is 2.53. The van der Waals surface area contributed by atoms with Crippen LogP contribution in [0.5, 0.6) is 0 Å². The van der Waals surface area contributed by atoms with Crippen molar-refractivity contribution in [1.29, 1.82) is 0 Å². The quantitative estimate of drug-likeness (QED) is 0.692. The molecular weight excluding hydrogens is 242 g/mol. The molecular formula is C10H9Cl3O. The van der Waals surface area contributed by atoms with Crippen LogP contribution in [0.3, 0.4) is 0 Å². The van der Waals surface area contributed by atoms with Crippen molar-refractivity contribution in [3.63, 3.8) is 0 Å². The Bertz CT molecular complexity index is 325. The average molecular weight is 252 g/mol. The van der Waals surface area contributed by atoms with Gasteiger partial charge in [0, 0.05) is 12.0 Å². The number of hydrogen-bond acceptors (Lipinski definition) is 1. The molecule has 1 heterocycles. The molecule has 4 heteroatoms. The number of benzene rings is 1. The fourth-order valence-electron chi connectivity index (χ4n) is 1.53. The Labute approximate surface area is 97.9 Å². The van der Waals surface area contributed by atoms with Gasteiger partial charge in [0.05, 0.1) is 6.61 Å². The molecule has 1 unspecified atom stereocenters. The van der Waals surface area contributed by atoms with Gasteiger partial charge in [-0.05, 0) is 0 Å². The third-order valence-corrected chi connectivity index (χ3v) is 4.09. The van der Waals surface area contributed by atoms with Crippen molar-refractivity contribution in [2.24, 2.45) is 0 Å². The van der Waals surface area contributed by atoms with Gasteiger partial charge in [0.2, 0.25) is 0 Å². The number of ether oxygens (including phenoxy) is 1. The summed E-state index contributed by atoms with van der Waals surface area (Å²) in [5, 5.41) is -1.11. The van der Waals surface area contributed by atoms with E-state index in [4.69, 9.17) is 39.5 Å². The molecule has 0 saturated carbocycles. The first kappa shape index (κ1) is 10.6. The molecule has 1 atom stereocenters. The van der Waals surface area contributed by atoms with Gasteiger partial charge in [0.25, 0.3) is 0 Å². The molecule has 1 fully saturated rings. The van der Waals surface area contributed by atoms with E-state index < -0.39 is 9.39 Å². The van der Waals surface area contributed by atoms with Crippen molar-refractivity contribution in [2.45, 2.75) is 15.8 Å². The van der Waals surface area contributed by atoms with Crippen LogP contribution >= 0.6 is 34.8 Å². The first-order valence-corrected chi connectivity index (χ1v) is 5.46. The van der Waals surface area contributed by atoms with Crippen molar-refractivity contribution >= 4 is 34.8 Å². The van der Waals surface area contributed by atoms with Crippen LogP contribution in [-0.4, -0.2) is 10.9 Å². The lowest BCUT2D eigenvalue weighted by Crippen LogP contribution is -2.34. The Balaban J connectivity index is 2.42. The van der Waals surface area contributed by atoms with Crippen LogP contribution in [0.4, 0.5) is 0 Å². The van der Waals surface area contributed by atoms with Gasteiger partial charge in [0.1, 0.15) is 0 Å². The second-order valence-electron chi connectivity index (χ2n) is 3.26. The van der Waals surface area contributed by atoms with E-state index in [0.29, 0.717) is 13.0 Å². The van der Waals surface area contributed by atoms with Gasteiger partial charge in [-0.25, -0.2) is 0 Å². The Morgan fingerprint density at radius 1 is 1.07 bits per heavy atom. The molecule has 1 aliphatic rings. The lowest BCUT2D eigenvalue weighted by Gasteiger charge is -2.30. The normalized spacial score (nSPS) is 30.5. The number of halogens is 3. The predicted molar refractivity (Wildman–Crippen MR) is 59.0 cm³/mol. The number of alkyl halides is 3. The third-order valence-electron chi connectivity index (χ3n) is 2.33. The summed E-state index contributed by atoms with van der Waals surface area (Å²) in [4.78, 5) is 0. The van der Waals surface area contributed by atoms with E-state index in [2.05, 4.69) is 0 Å². The van der Waals surface area contributed by atoms with Crippen LogP contribution in [0.25, 0.3) is 0 Å². The van der Waals surface area contributed by atoms with Gasteiger partial charge in [-0.1, -0.05) is 65.1 Å². The fraction of sp³-hybridized carbons (Fsp3) is 0.400. The smallest absolute Gasteiger partial charge is 0.200 e. The molecule has 1 saturated heterocycles. The second kappa shape index (κ2) is 3.57. The maximum absolute atomic E-state index is 6.30. The van der Waals surface area contributed by atoms with E-state index in [0.717, 1.165) is 5.56 Å². The molecule has 1 aliphatic heterocycles. The minimum atomic E-state index is -1.11. The van der Waals surface area contributed by atoms with Gasteiger partial charge < -0.3 is 4.74 Å². The van der Waals surface area contributed by atoms with Crippen LogP contribution in [0.15, 0.2) is 30.3 Å². The molecule has 1 aromatic carbocycles. The van der Waals surface area contributed by atoms with Crippen LogP contribution < -0.4 is 0 Å². The molecule has 0 spiro atoms. The maximum Gasteiger partial charge on any atom is 0.200 e. The van der Waals surface area contributed by atoms with Gasteiger partial charge in [-0.2, -0.15) is 0 Å². The van der Waals surface area contributed by atoms with E-state index in [1.165, 1.54) is 0 Å². The van der Waals surface area contributed by atoms with Gasteiger partial charge in [-0.15, -0.1) is 0 Å². The van der Waals surface area contributed by atoms with Crippen molar-refractivity contribution in [3.05, 3.63) is 35.9 Å². The standard InChI is InChI=1S/C10H9Cl3O/c11-9(12)6-7-14-10(9,13)8-4-2-1-3-5-8/h1-5H,6-7H2. The zero-order chi connectivity index (χ0) is 10.2. The largest absolute Gasteiger partial charge is 0.352 e. The van der Waals surface area contributed by atoms with Crippen molar-refractivity contribution in [3.8, 4) is 0 Å². The molecule has 2 rings (SSSR count). The van der Waals surface area contributed by atoms with Crippen LogP contribution in [0.2, 0.25) is 0 Å². The molecule has 1 nitrogen and oxygen atoms in total. The summed E-state index contributed by atoms with van der Waals surface area (Å²) >= 11 is 18.5. The number of hydrogen-bond donors (Lipinski definition) is 0. The highest BCUT2D eigenvalue weighted by atomic mass is 35.5. The average Bonchev–Trinajstić information content (AvgIpc) is 2.44. The van der Waals surface area contributed by atoms with E-state index in [9.17, 15) is 0 Å². The molecule has 0 radical (unpaired) electrons. The molecule has 0 amide bonds. The zero-order valence-corrected chi connectivity index (χ0v) is 9.61. The Kier molecular flexibility index (Phi) is 2.69. The van der Waals surface area contributed by atoms with Crippen molar-refractivity contribution < 1.29 is 4.74 Å². The monoisotopic (exact) mass is 250 g/mol. The van der Waals surface area contributed by atoms with Gasteiger partial charge in [0.15, 0.2) is 9.39 Å². The summed E-state index contributed by atoms with van der Waals surface area (Å²) in [6, 6.07) is 9.38. The molecule has 0 aromatic heterocycles. The van der Waals surface area contributed by atoms with Crippen LogP contribution in [0.1, 0.15) is 12.0 Å². The highest BCUT2D eigenvalue weighted by Gasteiger charge is 2.54. The second-order valence-corrected chi connectivity index (χ2v) is 5.28. The van der Waals surface area contributed by atoms with Gasteiger partial charge in [-0.3, -0.25) is 0 Å². The highest BCUT2D eigenvalue weighted by molar-refractivity contribution is 6.53.